The van der Waals surface area contributed by atoms with Crippen LogP contribution in [0.4, 0.5) is 11.4 Å². The van der Waals surface area contributed by atoms with Crippen LogP contribution in [0.1, 0.15) is 18.1 Å². The highest BCUT2D eigenvalue weighted by Gasteiger charge is 2.03. The van der Waals surface area contributed by atoms with Gasteiger partial charge in [-0.3, -0.25) is 15.5 Å². The van der Waals surface area contributed by atoms with Crippen molar-refractivity contribution in [3.63, 3.8) is 0 Å². The number of nitro benzene ring substituents is 1. The molecule has 0 saturated heterocycles. The summed E-state index contributed by atoms with van der Waals surface area (Å²) in [4.78, 5) is 10.1. The van der Waals surface area contributed by atoms with Crippen molar-refractivity contribution < 1.29 is 4.92 Å². The second kappa shape index (κ2) is 6.99. The summed E-state index contributed by atoms with van der Waals surface area (Å²) < 4.78 is 1.03. The predicted molar refractivity (Wildman–Crippen MR) is 87.8 cm³/mol. The van der Waals surface area contributed by atoms with Crippen molar-refractivity contribution in [2.75, 3.05) is 5.43 Å². The average molecular weight is 348 g/mol. The number of nitro groups is 1. The summed E-state index contributed by atoms with van der Waals surface area (Å²) in [5.74, 6) is 0. The molecule has 2 rings (SSSR count). The predicted octanol–water partition coefficient (Wildman–Crippen LogP) is 4.37. The maximum atomic E-state index is 10.6. The Hall–Kier alpha value is -2.21. The van der Waals surface area contributed by atoms with Crippen LogP contribution >= 0.6 is 15.9 Å². The molecule has 5 nitrogen and oxygen atoms in total. The standard InChI is InChI=1S/C15H14BrN3O2/c1-2-12-9-13(16)5-8-15(12)18-17-10-11-3-6-14(7-4-11)19(20)21/h3-10,18H,2H2,1H3/b17-10+. The van der Waals surface area contributed by atoms with Crippen molar-refractivity contribution in [1.29, 1.82) is 0 Å². The quantitative estimate of drug-likeness (QED) is 0.496. The Morgan fingerprint density at radius 2 is 2.00 bits per heavy atom. The number of non-ortho nitro benzene ring substituents is 1. The van der Waals surface area contributed by atoms with E-state index in [0.29, 0.717) is 0 Å². The van der Waals surface area contributed by atoms with Crippen molar-refractivity contribution in [1.82, 2.24) is 0 Å². The minimum atomic E-state index is -0.422. The van der Waals surface area contributed by atoms with Crippen molar-refractivity contribution in [3.05, 3.63) is 68.2 Å². The highest BCUT2D eigenvalue weighted by Crippen LogP contribution is 2.21. The second-order valence-corrected chi connectivity index (χ2v) is 5.29. The molecule has 0 amide bonds. The molecule has 0 unspecified atom stereocenters. The summed E-state index contributed by atoms with van der Waals surface area (Å²) in [6, 6.07) is 12.2. The Labute approximate surface area is 131 Å². The Morgan fingerprint density at radius 1 is 1.29 bits per heavy atom. The van der Waals surface area contributed by atoms with Gasteiger partial charge >= 0.3 is 0 Å². The van der Waals surface area contributed by atoms with Gasteiger partial charge in [-0.1, -0.05) is 22.9 Å². The van der Waals surface area contributed by atoms with E-state index >= 15 is 0 Å². The van der Waals surface area contributed by atoms with Crippen LogP contribution in [0.25, 0.3) is 0 Å². The smallest absolute Gasteiger partial charge is 0.269 e. The molecule has 2 aromatic rings. The second-order valence-electron chi connectivity index (χ2n) is 4.37. The van der Waals surface area contributed by atoms with Gasteiger partial charge in [-0.25, -0.2) is 0 Å². The number of hydrogen-bond acceptors (Lipinski definition) is 4. The molecule has 0 bridgehead atoms. The van der Waals surface area contributed by atoms with Gasteiger partial charge in [0.25, 0.3) is 5.69 Å². The van der Waals surface area contributed by atoms with Gasteiger partial charge in [-0.15, -0.1) is 0 Å². The minimum Gasteiger partial charge on any atom is -0.278 e. The lowest BCUT2D eigenvalue weighted by Gasteiger charge is -2.07. The molecule has 0 fully saturated rings. The van der Waals surface area contributed by atoms with Gasteiger partial charge in [0.05, 0.1) is 16.8 Å². The number of aryl methyl sites for hydroxylation is 1. The van der Waals surface area contributed by atoms with E-state index in [2.05, 4.69) is 33.4 Å². The topological polar surface area (TPSA) is 67.5 Å². The van der Waals surface area contributed by atoms with Crippen LogP contribution in [0, 0.1) is 10.1 Å². The van der Waals surface area contributed by atoms with E-state index in [1.54, 1.807) is 18.3 Å². The maximum absolute atomic E-state index is 10.6. The number of anilines is 1. The Balaban J connectivity index is 2.07. The molecule has 2 aromatic carbocycles. The largest absolute Gasteiger partial charge is 0.278 e. The van der Waals surface area contributed by atoms with Crippen molar-refractivity contribution in [2.24, 2.45) is 5.10 Å². The lowest BCUT2D eigenvalue weighted by atomic mass is 10.1. The van der Waals surface area contributed by atoms with Gasteiger partial charge in [0.15, 0.2) is 0 Å². The summed E-state index contributed by atoms with van der Waals surface area (Å²) in [6.07, 6.45) is 2.53. The Morgan fingerprint density at radius 3 is 2.62 bits per heavy atom. The molecule has 0 heterocycles. The van der Waals surface area contributed by atoms with Crippen LogP contribution < -0.4 is 5.43 Å². The van der Waals surface area contributed by atoms with Crippen molar-refractivity contribution in [3.8, 4) is 0 Å². The van der Waals surface area contributed by atoms with Crippen LogP contribution in [0.3, 0.4) is 0 Å². The number of rotatable bonds is 5. The van der Waals surface area contributed by atoms with Crippen LogP contribution in [0.15, 0.2) is 52.0 Å². The monoisotopic (exact) mass is 347 g/mol. The zero-order valence-corrected chi connectivity index (χ0v) is 13.0. The molecular weight excluding hydrogens is 334 g/mol. The molecule has 0 spiro atoms. The Kier molecular flexibility index (Phi) is 5.05. The SMILES string of the molecule is CCc1cc(Br)ccc1N/N=C/c1ccc([N+](=O)[O-])cc1. The molecule has 0 saturated carbocycles. The fourth-order valence-electron chi connectivity index (χ4n) is 1.82. The fraction of sp³-hybridized carbons (Fsp3) is 0.133. The van der Waals surface area contributed by atoms with E-state index in [1.165, 1.54) is 12.1 Å². The van der Waals surface area contributed by atoms with Gasteiger partial charge in [-0.05, 0) is 47.9 Å². The van der Waals surface area contributed by atoms with Crippen molar-refractivity contribution >= 4 is 33.5 Å². The average Bonchev–Trinajstić information content (AvgIpc) is 2.49. The highest BCUT2D eigenvalue weighted by molar-refractivity contribution is 9.10. The third-order valence-electron chi connectivity index (χ3n) is 2.95. The molecule has 1 N–H and O–H groups in total. The number of nitrogens with one attached hydrogen (secondary N) is 1. The summed E-state index contributed by atoms with van der Waals surface area (Å²) >= 11 is 3.44. The normalized spacial score (nSPS) is 10.8. The van der Waals surface area contributed by atoms with Crippen molar-refractivity contribution in [2.45, 2.75) is 13.3 Å². The van der Waals surface area contributed by atoms with Gasteiger partial charge in [-0.2, -0.15) is 5.10 Å². The first-order chi connectivity index (χ1) is 10.1. The third-order valence-corrected chi connectivity index (χ3v) is 3.44. The first-order valence-electron chi connectivity index (χ1n) is 6.42. The zero-order valence-electron chi connectivity index (χ0n) is 11.4. The lowest BCUT2D eigenvalue weighted by molar-refractivity contribution is -0.384. The maximum Gasteiger partial charge on any atom is 0.269 e. The van der Waals surface area contributed by atoms with E-state index in [0.717, 1.165) is 27.7 Å². The first kappa shape index (κ1) is 15.2. The molecule has 108 valence electrons. The number of halogens is 1. The number of nitrogens with zero attached hydrogens (tertiary/aromatic N) is 2. The molecule has 21 heavy (non-hydrogen) atoms. The van der Waals surface area contributed by atoms with Gasteiger partial charge in [0.2, 0.25) is 0 Å². The molecule has 6 heteroatoms. The van der Waals surface area contributed by atoms with E-state index < -0.39 is 4.92 Å². The van der Waals surface area contributed by atoms with Gasteiger partial charge < -0.3 is 0 Å². The molecule has 0 aromatic heterocycles. The first-order valence-corrected chi connectivity index (χ1v) is 7.21. The van der Waals surface area contributed by atoms with Gasteiger partial charge in [0.1, 0.15) is 0 Å². The highest BCUT2D eigenvalue weighted by atomic mass is 79.9. The van der Waals surface area contributed by atoms with Crippen LogP contribution in [0.2, 0.25) is 0 Å². The summed E-state index contributed by atoms with van der Waals surface area (Å²) in [5.41, 5.74) is 5.96. The zero-order chi connectivity index (χ0) is 15.2. The van der Waals surface area contributed by atoms with Gasteiger partial charge in [0, 0.05) is 16.6 Å². The number of benzene rings is 2. The third kappa shape index (κ3) is 4.13. The van der Waals surface area contributed by atoms with E-state index in [-0.39, 0.29) is 5.69 Å². The van der Waals surface area contributed by atoms with E-state index in [4.69, 9.17) is 0 Å². The van der Waals surface area contributed by atoms with Crippen LogP contribution in [0.5, 0.6) is 0 Å². The summed E-state index contributed by atoms with van der Waals surface area (Å²) in [6.45, 7) is 2.08. The molecule has 0 radical (unpaired) electrons. The molecule has 0 aliphatic carbocycles. The van der Waals surface area contributed by atoms with Crippen LogP contribution in [-0.2, 0) is 6.42 Å². The Bertz CT molecular complexity index is 669. The lowest BCUT2D eigenvalue weighted by Crippen LogP contribution is -1.95. The summed E-state index contributed by atoms with van der Waals surface area (Å²) in [7, 11) is 0. The van der Waals surface area contributed by atoms with Crippen LogP contribution in [-0.4, -0.2) is 11.1 Å². The molecule has 0 atom stereocenters. The van der Waals surface area contributed by atoms with E-state index in [9.17, 15) is 10.1 Å². The number of hydrazone groups is 1. The summed E-state index contributed by atoms with van der Waals surface area (Å²) in [5, 5.41) is 14.7. The molecule has 0 aliphatic heterocycles. The minimum absolute atomic E-state index is 0.0706. The molecule has 0 aliphatic rings. The number of hydrogen-bond donors (Lipinski definition) is 1. The van der Waals surface area contributed by atoms with E-state index in [1.807, 2.05) is 18.2 Å². The molecular formula is C15H14BrN3O2. The fourth-order valence-corrected chi connectivity index (χ4v) is 2.23.